The molecule has 0 aliphatic rings. The Hall–Kier alpha value is -3.93. The molecule has 0 heterocycles. The Bertz CT molecular complexity index is 992. The quantitative estimate of drug-likeness (QED) is 0.524. The lowest BCUT2D eigenvalue weighted by Crippen LogP contribution is -2.32. The summed E-state index contributed by atoms with van der Waals surface area (Å²) in [5.74, 6) is -1.25. The number of hydrogen-bond acceptors (Lipinski definition) is 4. The number of hydrogen-bond donors (Lipinski definition) is 2. The van der Waals surface area contributed by atoms with E-state index < -0.39 is 12.0 Å². The van der Waals surface area contributed by atoms with Gasteiger partial charge in [-0.15, -0.1) is 0 Å². The molecule has 0 saturated carbocycles. The van der Waals surface area contributed by atoms with Gasteiger partial charge in [0.25, 0.3) is 11.8 Å². The minimum absolute atomic E-state index is 0.0887. The second-order valence-electron chi connectivity index (χ2n) is 6.93. The molecule has 0 aliphatic carbocycles. The van der Waals surface area contributed by atoms with Gasteiger partial charge in [0.2, 0.25) is 0 Å². The predicted octanol–water partition coefficient (Wildman–Crippen LogP) is 3.41. The van der Waals surface area contributed by atoms with Gasteiger partial charge >= 0.3 is 5.97 Å². The van der Waals surface area contributed by atoms with Crippen LogP contribution in [0.15, 0.2) is 91.0 Å². The van der Waals surface area contributed by atoms with E-state index in [4.69, 9.17) is 4.74 Å². The normalized spacial score (nSPS) is 11.2. The van der Waals surface area contributed by atoms with Crippen molar-refractivity contribution in [1.29, 1.82) is 0 Å². The lowest BCUT2D eigenvalue weighted by Gasteiger charge is -2.19. The molecule has 0 saturated heterocycles. The molecule has 0 aromatic heterocycles. The van der Waals surface area contributed by atoms with Crippen LogP contribution in [0.3, 0.4) is 0 Å². The van der Waals surface area contributed by atoms with Crippen molar-refractivity contribution < 1.29 is 19.1 Å². The van der Waals surface area contributed by atoms with Gasteiger partial charge in [-0.25, -0.2) is 0 Å². The van der Waals surface area contributed by atoms with Crippen LogP contribution in [0.5, 0.6) is 0 Å². The highest BCUT2D eigenvalue weighted by Gasteiger charge is 2.20. The van der Waals surface area contributed by atoms with E-state index in [1.807, 2.05) is 66.7 Å². The topological polar surface area (TPSA) is 84.5 Å². The number of carbonyl (C=O) groups excluding carboxylic acids is 3. The van der Waals surface area contributed by atoms with Crippen LogP contribution in [-0.4, -0.2) is 24.4 Å². The molecule has 3 aromatic carbocycles. The molecule has 0 bridgehead atoms. The van der Waals surface area contributed by atoms with Crippen LogP contribution in [0.25, 0.3) is 0 Å². The summed E-state index contributed by atoms with van der Waals surface area (Å²) >= 11 is 0. The van der Waals surface area contributed by atoms with E-state index in [1.165, 1.54) is 0 Å². The number of nitrogens with one attached hydrogen (secondary N) is 2. The van der Waals surface area contributed by atoms with Crippen molar-refractivity contribution in [3.05, 3.63) is 108 Å². The van der Waals surface area contributed by atoms with Gasteiger partial charge in [0.15, 0.2) is 6.61 Å². The zero-order valence-electron chi connectivity index (χ0n) is 17.0. The van der Waals surface area contributed by atoms with Crippen LogP contribution in [0.2, 0.25) is 0 Å². The summed E-state index contributed by atoms with van der Waals surface area (Å²) in [7, 11) is 0. The van der Waals surface area contributed by atoms with Crippen LogP contribution in [-0.2, 0) is 20.9 Å². The second-order valence-corrected chi connectivity index (χ2v) is 6.93. The van der Waals surface area contributed by atoms with Gasteiger partial charge in [-0.3, -0.25) is 14.4 Å². The van der Waals surface area contributed by atoms with E-state index in [-0.39, 0.29) is 24.8 Å². The first-order valence-corrected chi connectivity index (χ1v) is 9.99. The molecule has 3 aromatic rings. The lowest BCUT2D eigenvalue weighted by molar-refractivity contribution is -0.149. The van der Waals surface area contributed by atoms with E-state index in [2.05, 4.69) is 10.6 Å². The molecule has 0 radical (unpaired) electrons. The largest absolute Gasteiger partial charge is 0.456 e. The van der Waals surface area contributed by atoms with Gasteiger partial charge in [-0.1, -0.05) is 78.9 Å². The van der Waals surface area contributed by atoms with Crippen molar-refractivity contribution in [2.45, 2.75) is 19.0 Å². The Morgan fingerprint density at radius 2 is 1.35 bits per heavy atom. The van der Waals surface area contributed by atoms with Crippen LogP contribution in [0.4, 0.5) is 0 Å². The Kier molecular flexibility index (Phi) is 7.94. The van der Waals surface area contributed by atoms with E-state index in [9.17, 15) is 14.4 Å². The number of rotatable bonds is 9. The highest BCUT2D eigenvalue weighted by atomic mass is 16.5. The summed E-state index contributed by atoms with van der Waals surface area (Å²) in [6.07, 6.45) is -0.0887. The van der Waals surface area contributed by atoms with E-state index in [0.717, 1.165) is 11.1 Å². The SMILES string of the molecule is O=C(COC(=O)CC(NC(=O)c1ccccc1)c1ccccc1)NCc1ccccc1. The molecule has 0 aliphatic heterocycles. The zero-order valence-corrected chi connectivity index (χ0v) is 17.0. The number of carbonyl (C=O) groups is 3. The van der Waals surface area contributed by atoms with Crippen molar-refractivity contribution in [3.63, 3.8) is 0 Å². The fourth-order valence-corrected chi connectivity index (χ4v) is 2.99. The second kappa shape index (κ2) is 11.3. The lowest BCUT2D eigenvalue weighted by atomic mass is 10.0. The summed E-state index contributed by atoms with van der Waals surface area (Å²) in [4.78, 5) is 36.9. The van der Waals surface area contributed by atoms with Crippen LogP contribution in [0, 0.1) is 0 Å². The molecule has 0 fully saturated rings. The summed E-state index contributed by atoms with van der Waals surface area (Å²) in [5, 5.41) is 5.58. The first-order chi connectivity index (χ1) is 15.1. The maximum absolute atomic E-state index is 12.6. The molecular weight excluding hydrogens is 392 g/mol. The van der Waals surface area contributed by atoms with Gasteiger partial charge in [0, 0.05) is 12.1 Å². The van der Waals surface area contributed by atoms with Crippen LogP contribution >= 0.6 is 0 Å². The number of benzene rings is 3. The summed E-state index contributed by atoms with van der Waals surface area (Å²) in [6, 6.07) is 26.8. The molecule has 2 amide bonds. The minimum Gasteiger partial charge on any atom is -0.456 e. The van der Waals surface area contributed by atoms with Crippen molar-refractivity contribution in [3.8, 4) is 0 Å². The van der Waals surface area contributed by atoms with Gasteiger partial charge in [-0.05, 0) is 23.3 Å². The number of amides is 2. The zero-order chi connectivity index (χ0) is 21.9. The molecule has 158 valence electrons. The van der Waals surface area contributed by atoms with Crippen LogP contribution < -0.4 is 10.6 Å². The maximum Gasteiger partial charge on any atom is 0.308 e. The average Bonchev–Trinajstić information content (AvgIpc) is 2.82. The average molecular weight is 416 g/mol. The molecule has 1 unspecified atom stereocenters. The molecule has 3 rings (SSSR count). The molecule has 6 nitrogen and oxygen atoms in total. The van der Waals surface area contributed by atoms with Crippen molar-refractivity contribution in [1.82, 2.24) is 10.6 Å². The van der Waals surface area contributed by atoms with E-state index >= 15 is 0 Å². The molecule has 2 N–H and O–H groups in total. The maximum atomic E-state index is 12.6. The Morgan fingerprint density at radius 3 is 2.00 bits per heavy atom. The third kappa shape index (κ3) is 7.12. The number of esters is 1. The molecular formula is C25H24N2O4. The first-order valence-electron chi connectivity index (χ1n) is 9.99. The van der Waals surface area contributed by atoms with Gasteiger partial charge in [0.05, 0.1) is 12.5 Å². The standard InChI is InChI=1S/C25H24N2O4/c28-23(26-17-19-10-4-1-5-11-19)18-31-24(29)16-22(20-12-6-2-7-13-20)27-25(30)21-14-8-3-9-15-21/h1-15,22H,16-18H2,(H,26,28)(H,27,30). The number of ether oxygens (including phenoxy) is 1. The summed E-state index contributed by atoms with van der Waals surface area (Å²) in [5.41, 5.74) is 2.23. The predicted molar refractivity (Wildman–Crippen MR) is 117 cm³/mol. The highest BCUT2D eigenvalue weighted by Crippen LogP contribution is 2.18. The highest BCUT2D eigenvalue weighted by molar-refractivity contribution is 5.94. The first kappa shape index (κ1) is 21.8. The summed E-state index contributed by atoms with van der Waals surface area (Å²) in [6.45, 7) is -0.0171. The smallest absolute Gasteiger partial charge is 0.308 e. The third-order valence-corrected chi connectivity index (χ3v) is 4.61. The van der Waals surface area contributed by atoms with Crippen molar-refractivity contribution >= 4 is 17.8 Å². The molecule has 1 atom stereocenters. The van der Waals surface area contributed by atoms with Gasteiger partial charge in [-0.2, -0.15) is 0 Å². The third-order valence-electron chi connectivity index (χ3n) is 4.61. The molecule has 6 heteroatoms. The van der Waals surface area contributed by atoms with Crippen molar-refractivity contribution in [2.24, 2.45) is 0 Å². The van der Waals surface area contributed by atoms with Crippen LogP contribution in [0.1, 0.15) is 33.9 Å². The fourth-order valence-electron chi connectivity index (χ4n) is 2.99. The Labute approximate surface area is 181 Å². The minimum atomic E-state index is -0.575. The monoisotopic (exact) mass is 416 g/mol. The Morgan fingerprint density at radius 1 is 0.774 bits per heavy atom. The van der Waals surface area contributed by atoms with Gasteiger partial charge < -0.3 is 15.4 Å². The van der Waals surface area contributed by atoms with Gasteiger partial charge in [0.1, 0.15) is 0 Å². The molecule has 31 heavy (non-hydrogen) atoms. The molecule has 0 spiro atoms. The van der Waals surface area contributed by atoms with E-state index in [1.54, 1.807) is 24.3 Å². The summed E-state index contributed by atoms with van der Waals surface area (Å²) < 4.78 is 5.13. The fraction of sp³-hybridized carbons (Fsp3) is 0.160. The Balaban J connectivity index is 1.54. The van der Waals surface area contributed by atoms with Crippen molar-refractivity contribution in [2.75, 3.05) is 6.61 Å². The van der Waals surface area contributed by atoms with E-state index in [0.29, 0.717) is 12.1 Å².